The molecule has 0 fully saturated rings. The highest BCUT2D eigenvalue weighted by Gasteiger charge is 2.14. The lowest BCUT2D eigenvalue weighted by Gasteiger charge is -2.17. The van der Waals surface area contributed by atoms with Crippen molar-refractivity contribution >= 4 is 34.2 Å². The number of nitrogens with zero attached hydrogens (tertiary/aromatic N) is 1. The first kappa shape index (κ1) is 16.3. The van der Waals surface area contributed by atoms with Crippen LogP contribution in [0.4, 0.5) is 11.4 Å². The number of fused-ring (bicyclic) bond motifs is 2. The number of nitrogen functional groups attached to an aromatic ring is 1. The zero-order valence-corrected chi connectivity index (χ0v) is 13.1. The van der Waals surface area contributed by atoms with E-state index in [0.29, 0.717) is 33.6 Å². The fourth-order valence-corrected chi connectivity index (χ4v) is 2.37. The van der Waals surface area contributed by atoms with Crippen LogP contribution in [0.3, 0.4) is 0 Å². The Labute approximate surface area is 143 Å². The maximum atomic E-state index is 10.8. The van der Waals surface area contributed by atoms with Gasteiger partial charge in [0.15, 0.2) is 6.61 Å². The summed E-state index contributed by atoms with van der Waals surface area (Å²) in [5.74, 6) is -0.416. The fraction of sp³-hybridized carbons (Fsp3) is 0.0556. The van der Waals surface area contributed by atoms with Gasteiger partial charge in [-0.05, 0) is 24.3 Å². The second-order valence-corrected chi connectivity index (χ2v) is 5.27. The summed E-state index contributed by atoms with van der Waals surface area (Å²) in [5, 5.41) is 12.2. The molecule has 0 bridgehead atoms. The Morgan fingerprint density at radius 3 is 2.80 bits per heavy atom. The molecule has 0 spiro atoms. The quantitative estimate of drug-likeness (QED) is 0.588. The Balaban J connectivity index is 0.000000146. The minimum Gasteiger partial charge on any atom is -0.482 e. The SMILES string of the molecule is Nc1ccc2c(c1)OCC(=O)N2.O=C(O)c1ccnc2ccccc12. The number of carbonyl (C=O) groups excluding carboxylic acids is 1. The molecule has 25 heavy (non-hydrogen) atoms. The summed E-state index contributed by atoms with van der Waals surface area (Å²) in [6.07, 6.45) is 1.51. The minimum absolute atomic E-state index is 0.0659. The molecule has 0 aliphatic carbocycles. The van der Waals surface area contributed by atoms with Gasteiger partial charge >= 0.3 is 5.97 Å². The number of benzene rings is 2. The van der Waals surface area contributed by atoms with Crippen molar-refractivity contribution in [2.75, 3.05) is 17.7 Å². The molecule has 4 rings (SSSR count). The van der Waals surface area contributed by atoms with Crippen LogP contribution >= 0.6 is 0 Å². The van der Waals surface area contributed by atoms with Crippen molar-refractivity contribution in [3.8, 4) is 5.75 Å². The molecular formula is C18H15N3O4. The summed E-state index contributed by atoms with van der Waals surface area (Å²) in [6, 6.07) is 13.8. The average Bonchev–Trinajstić information content (AvgIpc) is 2.62. The summed E-state index contributed by atoms with van der Waals surface area (Å²) in [7, 11) is 0. The first-order valence-corrected chi connectivity index (χ1v) is 7.44. The zero-order chi connectivity index (χ0) is 17.8. The molecule has 0 radical (unpaired) electrons. The van der Waals surface area contributed by atoms with E-state index in [-0.39, 0.29) is 12.5 Å². The molecule has 1 aliphatic heterocycles. The highest BCUT2D eigenvalue weighted by molar-refractivity contribution is 6.02. The monoisotopic (exact) mass is 337 g/mol. The van der Waals surface area contributed by atoms with E-state index in [4.69, 9.17) is 15.6 Å². The van der Waals surface area contributed by atoms with Crippen molar-refractivity contribution in [3.05, 3.63) is 60.3 Å². The third kappa shape index (κ3) is 3.66. The number of carboxylic acids is 1. The number of carbonyl (C=O) groups is 2. The van der Waals surface area contributed by atoms with Gasteiger partial charge in [-0.2, -0.15) is 0 Å². The molecule has 7 heteroatoms. The standard InChI is InChI=1S/C10H7NO2.C8H8N2O2/c12-10(13)8-5-6-11-9-4-2-1-3-7(8)9;9-5-1-2-6-7(3-5)12-4-8(11)10-6/h1-6H,(H,12,13);1-3H,4,9H2,(H,10,11). The van der Waals surface area contributed by atoms with Gasteiger partial charge in [0, 0.05) is 23.3 Å². The first-order chi connectivity index (χ1) is 12.0. The summed E-state index contributed by atoms with van der Waals surface area (Å²) in [6.45, 7) is 0.0659. The van der Waals surface area contributed by atoms with Gasteiger partial charge in [0.2, 0.25) is 0 Å². The van der Waals surface area contributed by atoms with E-state index in [1.54, 1.807) is 36.4 Å². The number of aromatic nitrogens is 1. The van der Waals surface area contributed by atoms with Crippen molar-refractivity contribution in [3.63, 3.8) is 0 Å². The maximum absolute atomic E-state index is 10.8. The lowest BCUT2D eigenvalue weighted by molar-refractivity contribution is -0.118. The Morgan fingerprint density at radius 2 is 2.00 bits per heavy atom. The van der Waals surface area contributed by atoms with Crippen LogP contribution in [0.5, 0.6) is 5.75 Å². The van der Waals surface area contributed by atoms with E-state index in [0.717, 1.165) is 0 Å². The van der Waals surface area contributed by atoms with Crippen LogP contribution in [0.15, 0.2) is 54.7 Å². The zero-order valence-electron chi connectivity index (χ0n) is 13.1. The molecule has 0 unspecified atom stereocenters. The minimum atomic E-state index is -0.918. The van der Waals surface area contributed by atoms with E-state index in [1.165, 1.54) is 12.3 Å². The molecular weight excluding hydrogens is 322 g/mol. The number of anilines is 2. The van der Waals surface area contributed by atoms with Gasteiger partial charge in [-0.1, -0.05) is 18.2 Å². The van der Waals surface area contributed by atoms with E-state index >= 15 is 0 Å². The summed E-state index contributed by atoms with van der Waals surface area (Å²) in [5.41, 5.74) is 7.84. The maximum Gasteiger partial charge on any atom is 0.336 e. The van der Waals surface area contributed by atoms with E-state index in [1.807, 2.05) is 6.07 Å². The van der Waals surface area contributed by atoms with Crippen LogP contribution in [-0.4, -0.2) is 28.6 Å². The highest BCUT2D eigenvalue weighted by atomic mass is 16.5. The van der Waals surface area contributed by atoms with Crippen LogP contribution in [0.1, 0.15) is 10.4 Å². The second-order valence-electron chi connectivity index (χ2n) is 5.27. The van der Waals surface area contributed by atoms with Gasteiger partial charge < -0.3 is 20.9 Å². The first-order valence-electron chi connectivity index (χ1n) is 7.44. The number of rotatable bonds is 1. The molecule has 2 aromatic carbocycles. The molecule has 1 amide bonds. The largest absolute Gasteiger partial charge is 0.482 e. The molecule has 7 nitrogen and oxygen atoms in total. The van der Waals surface area contributed by atoms with Crippen molar-refractivity contribution < 1.29 is 19.4 Å². The number of amides is 1. The summed E-state index contributed by atoms with van der Waals surface area (Å²) >= 11 is 0. The summed E-state index contributed by atoms with van der Waals surface area (Å²) in [4.78, 5) is 25.7. The fourth-order valence-electron chi connectivity index (χ4n) is 2.37. The smallest absolute Gasteiger partial charge is 0.336 e. The molecule has 1 aromatic heterocycles. The third-order valence-electron chi connectivity index (χ3n) is 3.52. The predicted molar refractivity (Wildman–Crippen MR) is 93.7 cm³/mol. The van der Waals surface area contributed by atoms with Crippen LogP contribution in [0, 0.1) is 0 Å². The van der Waals surface area contributed by atoms with Gasteiger partial charge in [0.25, 0.3) is 5.91 Å². The Morgan fingerprint density at radius 1 is 1.20 bits per heavy atom. The predicted octanol–water partition coefficient (Wildman–Crippen LogP) is 2.53. The molecule has 4 N–H and O–H groups in total. The van der Waals surface area contributed by atoms with Crippen LogP contribution in [-0.2, 0) is 4.79 Å². The van der Waals surface area contributed by atoms with Gasteiger partial charge in [0.05, 0.1) is 16.8 Å². The van der Waals surface area contributed by atoms with Gasteiger partial charge in [0.1, 0.15) is 5.75 Å². The topological polar surface area (TPSA) is 115 Å². The van der Waals surface area contributed by atoms with Crippen LogP contribution < -0.4 is 15.8 Å². The highest BCUT2D eigenvalue weighted by Crippen LogP contribution is 2.29. The van der Waals surface area contributed by atoms with Crippen molar-refractivity contribution in [2.45, 2.75) is 0 Å². The Kier molecular flexibility index (Phi) is 4.47. The number of carboxylic acid groups (broad SMARTS) is 1. The number of pyridine rings is 1. The van der Waals surface area contributed by atoms with Gasteiger partial charge in [-0.15, -0.1) is 0 Å². The van der Waals surface area contributed by atoms with Crippen molar-refractivity contribution in [1.82, 2.24) is 4.98 Å². The molecule has 1 aliphatic rings. The van der Waals surface area contributed by atoms with E-state index < -0.39 is 5.97 Å². The normalized spacial score (nSPS) is 12.2. The second kappa shape index (κ2) is 6.88. The molecule has 0 saturated carbocycles. The lowest BCUT2D eigenvalue weighted by Crippen LogP contribution is -2.25. The third-order valence-corrected chi connectivity index (χ3v) is 3.52. The van der Waals surface area contributed by atoms with Gasteiger partial charge in [-0.25, -0.2) is 4.79 Å². The Bertz CT molecular complexity index is 951. The summed E-state index contributed by atoms with van der Waals surface area (Å²) < 4.78 is 5.12. The van der Waals surface area contributed by atoms with E-state index in [2.05, 4.69) is 10.3 Å². The van der Waals surface area contributed by atoms with Crippen LogP contribution in [0.25, 0.3) is 10.9 Å². The molecule has 3 aromatic rings. The van der Waals surface area contributed by atoms with Crippen LogP contribution in [0.2, 0.25) is 0 Å². The van der Waals surface area contributed by atoms with Crippen molar-refractivity contribution in [1.29, 1.82) is 0 Å². The molecule has 0 atom stereocenters. The number of nitrogens with one attached hydrogen (secondary N) is 1. The number of nitrogens with two attached hydrogens (primary N) is 1. The lowest BCUT2D eigenvalue weighted by atomic mass is 10.1. The average molecular weight is 337 g/mol. The van der Waals surface area contributed by atoms with Crippen molar-refractivity contribution in [2.24, 2.45) is 0 Å². The number of ether oxygens (including phenoxy) is 1. The Hall–Kier alpha value is -3.61. The van der Waals surface area contributed by atoms with Gasteiger partial charge in [-0.3, -0.25) is 9.78 Å². The molecule has 126 valence electrons. The molecule has 2 heterocycles. The van der Waals surface area contributed by atoms with E-state index in [9.17, 15) is 9.59 Å². The number of hydrogen-bond acceptors (Lipinski definition) is 5. The number of hydrogen-bond donors (Lipinski definition) is 3. The molecule has 0 saturated heterocycles. The number of para-hydroxylation sites is 1. The number of aromatic carboxylic acids is 1.